The molecule has 0 amide bonds. The maximum absolute atomic E-state index is 13.1. The molecule has 130 valence electrons. The van der Waals surface area contributed by atoms with Crippen LogP contribution in [0.5, 0.6) is 0 Å². The van der Waals surface area contributed by atoms with Gasteiger partial charge in [-0.05, 0) is 73.9 Å². The molecule has 0 aliphatic heterocycles. The molecule has 1 aromatic carbocycles. The average Bonchev–Trinajstić information content (AvgIpc) is 3.10. The maximum atomic E-state index is 13.1. The van der Waals surface area contributed by atoms with E-state index in [2.05, 4.69) is 4.90 Å². The Morgan fingerprint density at radius 1 is 1.00 bits per heavy atom. The minimum absolute atomic E-state index is 0.184. The maximum Gasteiger partial charge on any atom is 0.123 e. The standard InChI is InChI=1S/C20H27FN2O/c21-19-9-7-18(8-10-19)14-23(15-20-2-1-11-24-20)13-17-5-3-16(12-22)4-6-17/h1-2,7-11,16-17H,3-6,12-15,22H2. The van der Waals surface area contributed by atoms with Gasteiger partial charge in [0.15, 0.2) is 0 Å². The van der Waals surface area contributed by atoms with Crippen LogP contribution in [0.15, 0.2) is 47.1 Å². The third-order valence-corrected chi connectivity index (χ3v) is 5.10. The van der Waals surface area contributed by atoms with Gasteiger partial charge in [-0.15, -0.1) is 0 Å². The Kier molecular flexibility index (Phi) is 6.05. The molecule has 2 N–H and O–H groups in total. The highest BCUT2D eigenvalue weighted by atomic mass is 19.1. The van der Waals surface area contributed by atoms with E-state index in [9.17, 15) is 4.39 Å². The lowest BCUT2D eigenvalue weighted by atomic mass is 9.82. The highest BCUT2D eigenvalue weighted by Gasteiger charge is 2.22. The lowest BCUT2D eigenvalue weighted by Gasteiger charge is -2.32. The van der Waals surface area contributed by atoms with Gasteiger partial charge in [0.2, 0.25) is 0 Å². The van der Waals surface area contributed by atoms with Crippen molar-refractivity contribution < 1.29 is 8.81 Å². The Morgan fingerprint density at radius 2 is 1.71 bits per heavy atom. The Morgan fingerprint density at radius 3 is 2.33 bits per heavy atom. The molecule has 0 atom stereocenters. The first kappa shape index (κ1) is 17.2. The van der Waals surface area contributed by atoms with Crippen molar-refractivity contribution >= 4 is 0 Å². The molecule has 0 spiro atoms. The van der Waals surface area contributed by atoms with E-state index in [0.717, 1.165) is 37.5 Å². The van der Waals surface area contributed by atoms with Crippen molar-refractivity contribution in [3.05, 3.63) is 59.8 Å². The van der Waals surface area contributed by atoms with Gasteiger partial charge in [-0.2, -0.15) is 0 Å². The second-order valence-corrected chi connectivity index (χ2v) is 7.00. The predicted octanol–water partition coefficient (Wildman–Crippen LogP) is 4.19. The molecule has 3 nitrogen and oxygen atoms in total. The molecule has 1 aromatic heterocycles. The topological polar surface area (TPSA) is 42.4 Å². The van der Waals surface area contributed by atoms with Crippen molar-refractivity contribution in [2.45, 2.75) is 38.8 Å². The van der Waals surface area contributed by atoms with E-state index in [1.54, 1.807) is 6.26 Å². The van der Waals surface area contributed by atoms with Crippen LogP contribution in [0.4, 0.5) is 4.39 Å². The number of furan rings is 1. The van der Waals surface area contributed by atoms with Crippen LogP contribution in [0.3, 0.4) is 0 Å². The first-order valence-corrected chi connectivity index (χ1v) is 8.92. The zero-order valence-corrected chi connectivity index (χ0v) is 14.2. The van der Waals surface area contributed by atoms with Crippen LogP contribution in [0.25, 0.3) is 0 Å². The molecule has 4 heteroatoms. The summed E-state index contributed by atoms with van der Waals surface area (Å²) in [6, 6.07) is 10.8. The quantitative estimate of drug-likeness (QED) is 0.828. The average molecular weight is 330 g/mol. The van der Waals surface area contributed by atoms with Crippen molar-refractivity contribution in [2.75, 3.05) is 13.1 Å². The highest BCUT2D eigenvalue weighted by molar-refractivity contribution is 5.16. The zero-order chi connectivity index (χ0) is 16.8. The molecule has 1 heterocycles. The number of nitrogens with two attached hydrogens (primary N) is 1. The molecule has 1 aliphatic carbocycles. The van der Waals surface area contributed by atoms with Crippen molar-refractivity contribution in [3.8, 4) is 0 Å². The van der Waals surface area contributed by atoms with Gasteiger partial charge >= 0.3 is 0 Å². The summed E-state index contributed by atoms with van der Waals surface area (Å²) in [5, 5.41) is 0. The number of hydrogen-bond acceptors (Lipinski definition) is 3. The van der Waals surface area contributed by atoms with Crippen molar-refractivity contribution in [2.24, 2.45) is 17.6 Å². The smallest absolute Gasteiger partial charge is 0.123 e. The molecule has 2 aromatic rings. The highest BCUT2D eigenvalue weighted by Crippen LogP contribution is 2.29. The summed E-state index contributed by atoms with van der Waals surface area (Å²) < 4.78 is 18.7. The van der Waals surface area contributed by atoms with Gasteiger partial charge in [-0.25, -0.2) is 4.39 Å². The fourth-order valence-electron chi connectivity index (χ4n) is 3.67. The number of halogens is 1. The molecule has 0 unspecified atom stereocenters. The van der Waals surface area contributed by atoms with Crippen LogP contribution in [0.1, 0.15) is 37.0 Å². The monoisotopic (exact) mass is 330 g/mol. The molecule has 0 saturated heterocycles. The number of hydrogen-bond donors (Lipinski definition) is 1. The zero-order valence-electron chi connectivity index (χ0n) is 14.2. The SMILES string of the molecule is NCC1CCC(CN(Cc2ccc(F)cc2)Cc2ccco2)CC1. The minimum atomic E-state index is -0.184. The van der Waals surface area contributed by atoms with Crippen molar-refractivity contribution in [1.29, 1.82) is 0 Å². The Balaban J connectivity index is 1.62. The van der Waals surface area contributed by atoms with Crippen LogP contribution in [0, 0.1) is 17.7 Å². The van der Waals surface area contributed by atoms with Gasteiger partial charge in [-0.3, -0.25) is 4.90 Å². The van der Waals surface area contributed by atoms with Crippen LogP contribution >= 0.6 is 0 Å². The largest absolute Gasteiger partial charge is 0.468 e. The molecule has 0 bridgehead atoms. The molecule has 1 aliphatic rings. The summed E-state index contributed by atoms with van der Waals surface area (Å²) in [4.78, 5) is 2.42. The van der Waals surface area contributed by atoms with Crippen LogP contribution in [-0.2, 0) is 13.1 Å². The number of rotatable bonds is 7. The van der Waals surface area contributed by atoms with Crippen LogP contribution < -0.4 is 5.73 Å². The number of nitrogens with zero attached hydrogens (tertiary/aromatic N) is 1. The fraction of sp³-hybridized carbons (Fsp3) is 0.500. The summed E-state index contributed by atoms with van der Waals surface area (Å²) in [5.41, 5.74) is 6.94. The molecular formula is C20H27FN2O. The first-order valence-electron chi connectivity index (χ1n) is 8.92. The molecular weight excluding hydrogens is 303 g/mol. The van der Waals surface area contributed by atoms with Crippen molar-refractivity contribution in [3.63, 3.8) is 0 Å². The molecule has 24 heavy (non-hydrogen) atoms. The third kappa shape index (κ3) is 4.92. The fourth-order valence-corrected chi connectivity index (χ4v) is 3.67. The minimum Gasteiger partial charge on any atom is -0.468 e. The van der Waals surface area contributed by atoms with Gasteiger partial charge < -0.3 is 10.2 Å². The van der Waals surface area contributed by atoms with E-state index < -0.39 is 0 Å². The van der Waals surface area contributed by atoms with E-state index in [1.165, 1.54) is 37.8 Å². The summed E-state index contributed by atoms with van der Waals surface area (Å²) >= 11 is 0. The Bertz CT molecular complexity index is 589. The third-order valence-electron chi connectivity index (χ3n) is 5.10. The Hall–Kier alpha value is -1.65. The van der Waals surface area contributed by atoms with E-state index in [4.69, 9.17) is 10.2 Å². The van der Waals surface area contributed by atoms with E-state index in [1.807, 2.05) is 24.3 Å². The van der Waals surface area contributed by atoms with Gasteiger partial charge in [-0.1, -0.05) is 12.1 Å². The summed E-state index contributed by atoms with van der Waals surface area (Å²) in [6.45, 7) is 3.48. The molecule has 0 radical (unpaired) electrons. The second-order valence-electron chi connectivity index (χ2n) is 7.00. The number of benzene rings is 1. The lowest BCUT2D eigenvalue weighted by Crippen LogP contribution is -2.32. The van der Waals surface area contributed by atoms with E-state index in [0.29, 0.717) is 11.8 Å². The Labute approximate surface area is 143 Å². The van der Waals surface area contributed by atoms with E-state index in [-0.39, 0.29) is 5.82 Å². The summed E-state index contributed by atoms with van der Waals surface area (Å²) in [5.74, 6) is 2.21. The normalized spacial score (nSPS) is 21.3. The first-order chi connectivity index (χ1) is 11.7. The van der Waals surface area contributed by atoms with Gasteiger partial charge in [0.05, 0.1) is 12.8 Å². The lowest BCUT2D eigenvalue weighted by molar-refractivity contribution is 0.161. The van der Waals surface area contributed by atoms with Gasteiger partial charge in [0.1, 0.15) is 11.6 Å². The molecule has 1 fully saturated rings. The van der Waals surface area contributed by atoms with Crippen LogP contribution in [-0.4, -0.2) is 18.0 Å². The summed E-state index contributed by atoms with van der Waals surface area (Å²) in [7, 11) is 0. The predicted molar refractivity (Wildman–Crippen MR) is 93.7 cm³/mol. The second kappa shape index (κ2) is 8.45. The molecule has 3 rings (SSSR count). The van der Waals surface area contributed by atoms with Crippen LogP contribution in [0.2, 0.25) is 0 Å². The van der Waals surface area contributed by atoms with Gasteiger partial charge in [0.25, 0.3) is 0 Å². The van der Waals surface area contributed by atoms with Gasteiger partial charge in [0, 0.05) is 13.1 Å². The molecule has 1 saturated carbocycles. The van der Waals surface area contributed by atoms with Crippen molar-refractivity contribution in [1.82, 2.24) is 4.90 Å². The summed E-state index contributed by atoms with van der Waals surface area (Å²) in [6.07, 6.45) is 6.70. The van der Waals surface area contributed by atoms with E-state index >= 15 is 0 Å².